The van der Waals surface area contributed by atoms with Gasteiger partial charge in [0.05, 0.1) is 22.8 Å². The molecule has 0 saturated heterocycles. The normalized spacial score (nSPS) is 22.5. The molecule has 0 saturated carbocycles. The highest BCUT2D eigenvalue weighted by atomic mass is 19.1. The van der Waals surface area contributed by atoms with Crippen LogP contribution in [0.1, 0.15) is 87.0 Å². The molecule has 0 N–H and O–H groups in total. The van der Waals surface area contributed by atoms with E-state index in [1.54, 1.807) is 6.08 Å². The highest BCUT2D eigenvalue weighted by Crippen LogP contribution is 2.37. The van der Waals surface area contributed by atoms with Crippen LogP contribution in [-0.2, 0) is 6.42 Å². The summed E-state index contributed by atoms with van der Waals surface area (Å²) in [5, 5.41) is 0. The minimum atomic E-state index is -0.204. The van der Waals surface area contributed by atoms with Gasteiger partial charge >= 0.3 is 0 Å². The summed E-state index contributed by atoms with van der Waals surface area (Å²) in [6, 6.07) is 0. The number of aromatic nitrogens is 2. The van der Waals surface area contributed by atoms with Crippen molar-refractivity contribution in [1.82, 2.24) is 9.97 Å². The fourth-order valence-electron chi connectivity index (χ4n) is 4.95. The summed E-state index contributed by atoms with van der Waals surface area (Å²) < 4.78 is 27.2. The number of allylic oxidation sites excluding steroid dienone is 13. The van der Waals surface area contributed by atoms with Gasteiger partial charge in [-0.2, -0.15) is 0 Å². The zero-order chi connectivity index (χ0) is 22.8. The highest BCUT2D eigenvalue weighted by molar-refractivity contribution is 5.69. The maximum Gasteiger partial charge on any atom is 0.118 e. The molecule has 4 heteroatoms. The van der Waals surface area contributed by atoms with E-state index < -0.39 is 0 Å². The molecule has 1 unspecified atom stereocenters. The number of fused-ring (bicyclic) bond motifs is 1. The second-order valence-electron chi connectivity index (χ2n) is 9.53. The summed E-state index contributed by atoms with van der Waals surface area (Å²) in [6.07, 6.45) is 23.1. The van der Waals surface area contributed by atoms with Gasteiger partial charge in [-0.15, -0.1) is 0 Å². The van der Waals surface area contributed by atoms with Crippen LogP contribution in [0.25, 0.3) is 11.6 Å². The Morgan fingerprint density at radius 1 is 0.879 bits per heavy atom. The lowest BCUT2D eigenvalue weighted by molar-refractivity contribution is 0.589. The van der Waals surface area contributed by atoms with Crippen molar-refractivity contribution in [2.75, 3.05) is 0 Å². The molecule has 0 bridgehead atoms. The van der Waals surface area contributed by atoms with E-state index in [1.165, 1.54) is 41.7 Å². The number of halogens is 2. The molecule has 170 valence electrons. The molecule has 0 fully saturated rings. The van der Waals surface area contributed by atoms with Crippen LogP contribution >= 0.6 is 0 Å². The molecule has 1 aromatic heterocycles. The lowest BCUT2D eigenvalue weighted by atomic mass is 9.88. The Kier molecular flexibility index (Phi) is 6.34. The average molecular weight is 445 g/mol. The predicted molar refractivity (Wildman–Crippen MR) is 131 cm³/mol. The average Bonchev–Trinajstić information content (AvgIpc) is 2.84. The van der Waals surface area contributed by atoms with Crippen molar-refractivity contribution in [1.29, 1.82) is 0 Å². The Morgan fingerprint density at radius 2 is 1.73 bits per heavy atom. The van der Waals surface area contributed by atoms with Gasteiger partial charge in [0.1, 0.15) is 11.7 Å². The molecule has 0 aliphatic heterocycles. The Labute approximate surface area is 194 Å². The first-order chi connectivity index (χ1) is 16.0. The second kappa shape index (κ2) is 9.54. The largest absolute Gasteiger partial charge is 0.249 e. The fraction of sp³-hybridized carbons (Fsp3) is 0.379. The van der Waals surface area contributed by atoms with Gasteiger partial charge in [-0.05, 0) is 88.2 Å². The topological polar surface area (TPSA) is 25.8 Å². The van der Waals surface area contributed by atoms with Crippen molar-refractivity contribution in [3.8, 4) is 0 Å². The lowest BCUT2D eigenvalue weighted by Gasteiger charge is -2.23. The van der Waals surface area contributed by atoms with Crippen molar-refractivity contribution < 1.29 is 8.78 Å². The minimum Gasteiger partial charge on any atom is -0.249 e. The van der Waals surface area contributed by atoms with Crippen LogP contribution in [0.3, 0.4) is 0 Å². The Balaban J connectivity index is 1.44. The summed E-state index contributed by atoms with van der Waals surface area (Å²) in [7, 11) is 0. The van der Waals surface area contributed by atoms with Crippen LogP contribution < -0.4 is 0 Å². The van der Waals surface area contributed by atoms with Crippen LogP contribution in [0.2, 0.25) is 0 Å². The number of hydrogen-bond acceptors (Lipinski definition) is 2. The maximum atomic E-state index is 13.6. The molecule has 0 radical (unpaired) electrons. The molecule has 1 atom stereocenters. The third-order valence-electron chi connectivity index (χ3n) is 7.07. The van der Waals surface area contributed by atoms with E-state index in [0.717, 1.165) is 54.0 Å². The predicted octanol–water partition coefficient (Wildman–Crippen LogP) is 8.18. The Morgan fingerprint density at radius 3 is 2.45 bits per heavy atom. The molecular formula is C29H30F2N2. The lowest BCUT2D eigenvalue weighted by Crippen LogP contribution is -2.14. The zero-order valence-corrected chi connectivity index (χ0v) is 19.2. The summed E-state index contributed by atoms with van der Waals surface area (Å²) in [5.41, 5.74) is 9.14. The van der Waals surface area contributed by atoms with Gasteiger partial charge < -0.3 is 0 Å². The number of aryl methyl sites for hydroxylation is 1. The van der Waals surface area contributed by atoms with E-state index in [0.29, 0.717) is 19.3 Å². The van der Waals surface area contributed by atoms with Gasteiger partial charge in [0.15, 0.2) is 0 Å². The molecule has 1 heterocycles. The van der Waals surface area contributed by atoms with Crippen molar-refractivity contribution in [3.63, 3.8) is 0 Å². The number of nitrogens with zero attached hydrogens (tertiary/aromatic N) is 2. The summed E-state index contributed by atoms with van der Waals surface area (Å²) in [5.74, 6) is -0.319. The van der Waals surface area contributed by atoms with Crippen molar-refractivity contribution in [2.45, 2.75) is 70.6 Å². The molecule has 0 aromatic carbocycles. The van der Waals surface area contributed by atoms with Crippen molar-refractivity contribution >= 4 is 11.6 Å². The van der Waals surface area contributed by atoms with Gasteiger partial charge in [0.2, 0.25) is 0 Å². The molecule has 2 nitrogen and oxygen atoms in total. The summed E-state index contributed by atoms with van der Waals surface area (Å²) in [6.45, 7) is 2.19. The van der Waals surface area contributed by atoms with Crippen LogP contribution in [0.5, 0.6) is 0 Å². The van der Waals surface area contributed by atoms with Gasteiger partial charge in [0.25, 0.3) is 0 Å². The first kappa shape index (κ1) is 21.9. The Hall–Kier alpha value is -2.88. The van der Waals surface area contributed by atoms with E-state index in [2.05, 4.69) is 25.2 Å². The molecule has 33 heavy (non-hydrogen) atoms. The second-order valence-corrected chi connectivity index (χ2v) is 9.53. The van der Waals surface area contributed by atoms with E-state index in [4.69, 9.17) is 9.97 Å². The van der Waals surface area contributed by atoms with Crippen molar-refractivity contribution in [3.05, 3.63) is 93.7 Å². The minimum absolute atomic E-state index is 0.0184. The first-order valence-electron chi connectivity index (χ1n) is 12.1. The van der Waals surface area contributed by atoms with E-state index >= 15 is 0 Å². The molecule has 0 spiro atoms. The summed E-state index contributed by atoms with van der Waals surface area (Å²) >= 11 is 0. The third kappa shape index (κ3) is 5.05. The number of hydrogen-bond donors (Lipinski definition) is 0. The molecule has 5 rings (SSSR count). The molecular weight excluding hydrogens is 414 g/mol. The first-order valence-corrected chi connectivity index (χ1v) is 12.1. The van der Waals surface area contributed by atoms with Crippen LogP contribution in [0, 0.1) is 0 Å². The Bertz CT molecular complexity index is 1170. The van der Waals surface area contributed by atoms with Gasteiger partial charge in [-0.25, -0.2) is 18.7 Å². The molecule has 1 aromatic rings. The quantitative estimate of drug-likeness (QED) is 0.457. The van der Waals surface area contributed by atoms with E-state index in [-0.39, 0.29) is 17.6 Å². The maximum absolute atomic E-state index is 13.6. The van der Waals surface area contributed by atoms with Gasteiger partial charge in [0, 0.05) is 12.3 Å². The fourth-order valence-corrected chi connectivity index (χ4v) is 4.95. The van der Waals surface area contributed by atoms with E-state index in [9.17, 15) is 8.78 Å². The smallest absolute Gasteiger partial charge is 0.118 e. The standard InChI is InChI=1S/C29H30F2N2/c1-19-2-4-20(5-3-19)6-7-21-8-17-26-27(18-21)33-29(23-11-15-25(31)16-12-23)28(32-26)22-9-13-24(30)14-10-22/h2,4,9,11,13,15-16,18,23H,3,5-8,10,12,14,17H2,1H3. The van der Waals surface area contributed by atoms with Crippen LogP contribution in [0.15, 0.2) is 70.9 Å². The van der Waals surface area contributed by atoms with E-state index in [1.807, 2.05) is 12.2 Å². The highest BCUT2D eigenvalue weighted by Gasteiger charge is 2.25. The molecule has 4 aliphatic carbocycles. The SMILES string of the molecule is CC1=CC=C(CCC2=Cc3nc(C4C=CC(F)=CC4)c(C4=CC=C(F)CC4)nc3CC2)CC1. The molecule has 4 aliphatic rings. The third-order valence-corrected chi connectivity index (χ3v) is 7.07. The monoisotopic (exact) mass is 444 g/mol. The van der Waals surface area contributed by atoms with Gasteiger partial charge in [-0.3, -0.25) is 0 Å². The number of rotatable bonds is 5. The van der Waals surface area contributed by atoms with Crippen LogP contribution in [0.4, 0.5) is 8.78 Å². The van der Waals surface area contributed by atoms with Gasteiger partial charge in [-0.1, -0.05) is 41.0 Å². The summed E-state index contributed by atoms with van der Waals surface area (Å²) in [4.78, 5) is 10.1. The molecule has 0 amide bonds. The van der Waals surface area contributed by atoms with Crippen LogP contribution in [-0.4, -0.2) is 9.97 Å². The zero-order valence-electron chi connectivity index (χ0n) is 19.2. The van der Waals surface area contributed by atoms with Crippen molar-refractivity contribution in [2.24, 2.45) is 0 Å².